The van der Waals surface area contributed by atoms with Crippen LogP contribution < -0.4 is 5.32 Å². The zero-order valence-corrected chi connectivity index (χ0v) is 14.2. The summed E-state index contributed by atoms with van der Waals surface area (Å²) in [5.74, 6) is 0.645. The van der Waals surface area contributed by atoms with E-state index in [9.17, 15) is 4.79 Å². The number of pyridine rings is 1. The number of nitrogens with zero attached hydrogens (tertiary/aromatic N) is 3. The lowest BCUT2D eigenvalue weighted by Gasteiger charge is -2.09. The van der Waals surface area contributed by atoms with E-state index in [0.29, 0.717) is 22.0 Å². The smallest absolute Gasteiger partial charge is 0.277 e. The first-order valence-corrected chi connectivity index (χ1v) is 8.35. The van der Waals surface area contributed by atoms with Crippen molar-refractivity contribution in [3.63, 3.8) is 0 Å². The number of amides is 1. The maximum Gasteiger partial charge on any atom is 0.277 e. The molecule has 122 valence electrons. The average molecular weight is 361 g/mol. The standard InChI is InChI=1S/C16H13ClN4O2S/c1-10(14(22)19-13-8-7-12(17)9-18-13)24-16-21-20-15(23-16)11-5-3-2-4-6-11/h2-10H,1H3,(H,18,19,22). The molecule has 3 rings (SSSR count). The molecular formula is C16H13ClN4O2S. The fourth-order valence-electron chi connectivity index (χ4n) is 1.84. The fraction of sp³-hybridized carbons (Fsp3) is 0.125. The molecular weight excluding hydrogens is 348 g/mol. The molecule has 24 heavy (non-hydrogen) atoms. The summed E-state index contributed by atoms with van der Waals surface area (Å²) >= 11 is 6.95. The van der Waals surface area contributed by atoms with Crippen LogP contribution in [0, 0.1) is 0 Å². The van der Waals surface area contributed by atoms with Crippen molar-refractivity contribution < 1.29 is 9.21 Å². The van der Waals surface area contributed by atoms with Crippen molar-refractivity contribution in [2.24, 2.45) is 0 Å². The zero-order chi connectivity index (χ0) is 16.9. The number of halogens is 1. The maximum atomic E-state index is 12.2. The summed E-state index contributed by atoms with van der Waals surface area (Å²) in [7, 11) is 0. The van der Waals surface area contributed by atoms with E-state index in [1.54, 1.807) is 19.1 Å². The van der Waals surface area contributed by atoms with Gasteiger partial charge in [-0.2, -0.15) is 0 Å². The molecule has 1 unspecified atom stereocenters. The first-order chi connectivity index (χ1) is 11.6. The molecule has 6 nitrogen and oxygen atoms in total. The van der Waals surface area contributed by atoms with Crippen LogP contribution in [0.3, 0.4) is 0 Å². The lowest BCUT2D eigenvalue weighted by atomic mass is 10.2. The van der Waals surface area contributed by atoms with Gasteiger partial charge in [0.15, 0.2) is 0 Å². The second-order valence-electron chi connectivity index (χ2n) is 4.85. The van der Waals surface area contributed by atoms with Gasteiger partial charge in [0.1, 0.15) is 5.82 Å². The molecule has 0 aliphatic carbocycles. The third-order valence-electron chi connectivity index (χ3n) is 3.05. The molecule has 0 aliphatic heterocycles. The van der Waals surface area contributed by atoms with Gasteiger partial charge < -0.3 is 9.73 Å². The van der Waals surface area contributed by atoms with Crippen LogP contribution in [-0.4, -0.2) is 26.3 Å². The average Bonchev–Trinajstić information content (AvgIpc) is 3.06. The molecule has 0 aliphatic rings. The Morgan fingerprint density at radius 1 is 1.21 bits per heavy atom. The second-order valence-corrected chi connectivity index (χ2v) is 6.58. The SMILES string of the molecule is CC(Sc1nnc(-c2ccccc2)o1)C(=O)Nc1ccc(Cl)cn1. The van der Waals surface area contributed by atoms with Crippen LogP contribution in [0.4, 0.5) is 5.82 Å². The minimum absolute atomic E-state index is 0.214. The molecule has 0 saturated carbocycles. The van der Waals surface area contributed by atoms with Crippen LogP contribution in [0.15, 0.2) is 58.3 Å². The number of aromatic nitrogens is 3. The molecule has 1 aromatic carbocycles. The Morgan fingerprint density at radius 2 is 2.00 bits per heavy atom. The van der Waals surface area contributed by atoms with Crippen LogP contribution in [0.1, 0.15) is 6.92 Å². The Kier molecular flexibility index (Phi) is 5.12. The lowest BCUT2D eigenvalue weighted by Crippen LogP contribution is -2.22. The predicted molar refractivity (Wildman–Crippen MR) is 92.9 cm³/mol. The van der Waals surface area contributed by atoms with Gasteiger partial charge in [-0.05, 0) is 31.2 Å². The topological polar surface area (TPSA) is 80.9 Å². The molecule has 1 atom stereocenters. The minimum atomic E-state index is -0.424. The van der Waals surface area contributed by atoms with Gasteiger partial charge >= 0.3 is 0 Å². The Bertz CT molecular complexity index is 824. The zero-order valence-electron chi connectivity index (χ0n) is 12.6. The molecule has 0 radical (unpaired) electrons. The first kappa shape index (κ1) is 16.5. The summed E-state index contributed by atoms with van der Waals surface area (Å²) in [6.07, 6.45) is 1.47. The molecule has 2 aromatic heterocycles. The number of nitrogens with one attached hydrogen (secondary N) is 1. The van der Waals surface area contributed by atoms with Crippen molar-refractivity contribution in [2.45, 2.75) is 17.4 Å². The molecule has 8 heteroatoms. The van der Waals surface area contributed by atoms with Crippen molar-refractivity contribution in [2.75, 3.05) is 5.32 Å². The molecule has 2 heterocycles. The van der Waals surface area contributed by atoms with Gasteiger partial charge in [0.2, 0.25) is 11.8 Å². The van der Waals surface area contributed by atoms with Crippen LogP contribution in [-0.2, 0) is 4.79 Å². The fourth-order valence-corrected chi connectivity index (χ4v) is 2.63. The van der Waals surface area contributed by atoms with Gasteiger partial charge in [0, 0.05) is 11.8 Å². The maximum absolute atomic E-state index is 12.2. The molecule has 3 aromatic rings. The highest BCUT2D eigenvalue weighted by Gasteiger charge is 2.19. The highest BCUT2D eigenvalue weighted by molar-refractivity contribution is 8.00. The molecule has 0 fully saturated rings. The van der Waals surface area contributed by atoms with E-state index in [-0.39, 0.29) is 5.91 Å². The Labute approximate surface area is 147 Å². The number of carbonyl (C=O) groups excluding carboxylic acids is 1. The molecule has 0 spiro atoms. The van der Waals surface area contributed by atoms with E-state index >= 15 is 0 Å². The minimum Gasteiger partial charge on any atom is -0.411 e. The molecule has 1 N–H and O–H groups in total. The van der Waals surface area contributed by atoms with Gasteiger partial charge in [0.05, 0.1) is 10.3 Å². The molecule has 1 amide bonds. The number of thioether (sulfide) groups is 1. The van der Waals surface area contributed by atoms with E-state index in [1.165, 1.54) is 18.0 Å². The highest BCUT2D eigenvalue weighted by atomic mass is 35.5. The Hall–Kier alpha value is -2.38. The number of rotatable bonds is 5. The largest absolute Gasteiger partial charge is 0.411 e. The van der Waals surface area contributed by atoms with Crippen LogP contribution in [0.25, 0.3) is 11.5 Å². The highest BCUT2D eigenvalue weighted by Crippen LogP contribution is 2.26. The first-order valence-electron chi connectivity index (χ1n) is 7.10. The Morgan fingerprint density at radius 3 is 2.71 bits per heavy atom. The Balaban J connectivity index is 1.62. The normalized spacial score (nSPS) is 11.9. The van der Waals surface area contributed by atoms with Crippen molar-refractivity contribution in [1.29, 1.82) is 0 Å². The van der Waals surface area contributed by atoms with E-state index in [2.05, 4.69) is 20.5 Å². The van der Waals surface area contributed by atoms with E-state index in [4.69, 9.17) is 16.0 Å². The third kappa shape index (κ3) is 4.12. The summed E-state index contributed by atoms with van der Waals surface area (Å²) < 4.78 is 5.58. The van der Waals surface area contributed by atoms with Crippen molar-refractivity contribution in [1.82, 2.24) is 15.2 Å². The number of anilines is 1. The van der Waals surface area contributed by atoms with E-state index in [0.717, 1.165) is 5.56 Å². The number of benzene rings is 1. The number of hydrogen-bond acceptors (Lipinski definition) is 6. The third-order valence-corrected chi connectivity index (χ3v) is 4.21. The van der Waals surface area contributed by atoms with Crippen LogP contribution >= 0.6 is 23.4 Å². The van der Waals surface area contributed by atoms with Gasteiger partial charge in [0.25, 0.3) is 5.22 Å². The predicted octanol–water partition coefficient (Wildman–Crippen LogP) is 3.90. The molecule has 0 bridgehead atoms. The second kappa shape index (κ2) is 7.46. The van der Waals surface area contributed by atoms with Gasteiger partial charge in [-0.15, -0.1) is 10.2 Å². The summed E-state index contributed by atoms with van der Waals surface area (Å²) in [6.45, 7) is 1.75. The quantitative estimate of drug-likeness (QED) is 0.695. The summed E-state index contributed by atoms with van der Waals surface area (Å²) in [6, 6.07) is 12.7. The summed E-state index contributed by atoms with van der Waals surface area (Å²) in [5, 5.41) is 11.1. The van der Waals surface area contributed by atoms with Gasteiger partial charge in [-0.25, -0.2) is 4.98 Å². The molecule has 0 saturated heterocycles. The van der Waals surface area contributed by atoms with Crippen molar-refractivity contribution in [3.8, 4) is 11.5 Å². The van der Waals surface area contributed by atoms with Gasteiger partial charge in [-0.1, -0.05) is 41.6 Å². The number of hydrogen-bond donors (Lipinski definition) is 1. The van der Waals surface area contributed by atoms with Crippen LogP contribution in [0.2, 0.25) is 5.02 Å². The van der Waals surface area contributed by atoms with Crippen molar-refractivity contribution in [3.05, 3.63) is 53.7 Å². The summed E-state index contributed by atoms with van der Waals surface area (Å²) in [5.41, 5.74) is 0.833. The van der Waals surface area contributed by atoms with Crippen LogP contribution in [0.5, 0.6) is 0 Å². The van der Waals surface area contributed by atoms with Crippen molar-refractivity contribution >= 4 is 35.1 Å². The monoisotopic (exact) mass is 360 g/mol. The summed E-state index contributed by atoms with van der Waals surface area (Å²) in [4.78, 5) is 16.2. The lowest BCUT2D eigenvalue weighted by molar-refractivity contribution is -0.115. The van der Waals surface area contributed by atoms with Gasteiger partial charge in [-0.3, -0.25) is 4.79 Å². The number of carbonyl (C=O) groups is 1. The van der Waals surface area contributed by atoms with E-state index in [1.807, 2.05) is 30.3 Å². The van der Waals surface area contributed by atoms with E-state index < -0.39 is 5.25 Å².